The number of hydrogen-bond donors (Lipinski definition) is 0. The molecule has 0 aliphatic rings. The second-order valence-corrected chi connectivity index (χ2v) is 3.71. The topological polar surface area (TPSA) is 34.9 Å². The number of rotatable bonds is 5. The zero-order chi connectivity index (χ0) is 11.2. The molecule has 0 aliphatic carbocycles. The highest BCUT2D eigenvalue weighted by atomic mass is 16.1. The average Bonchev–Trinajstić information content (AvgIpc) is 2.78. The number of hydrogen-bond acceptors (Lipinski definition) is 2. The normalized spacial score (nSPS) is 10.2. The summed E-state index contributed by atoms with van der Waals surface area (Å²) in [6, 6.07) is 12.1. The van der Waals surface area contributed by atoms with Gasteiger partial charge < -0.3 is 0 Å². The maximum Gasteiger partial charge on any atom is 0.170 e. The standard InChI is InChI=1S/C13H14N2O/c16-11-13-8-10-15(14-13)9-4-7-12-5-2-1-3-6-12/h1-3,5-6,8,10-11H,4,7,9H2. The van der Waals surface area contributed by atoms with Crippen LogP contribution in [0.5, 0.6) is 0 Å². The molecular formula is C13H14N2O. The number of aryl methyl sites for hydroxylation is 2. The van der Waals surface area contributed by atoms with Crippen molar-refractivity contribution in [2.24, 2.45) is 0 Å². The van der Waals surface area contributed by atoms with E-state index in [0.29, 0.717) is 5.69 Å². The molecule has 0 amide bonds. The van der Waals surface area contributed by atoms with Crippen LogP contribution in [-0.4, -0.2) is 16.1 Å². The SMILES string of the molecule is O=Cc1ccn(CCCc2ccccc2)n1. The molecule has 0 spiro atoms. The van der Waals surface area contributed by atoms with Gasteiger partial charge in [-0.3, -0.25) is 9.48 Å². The van der Waals surface area contributed by atoms with Crippen LogP contribution < -0.4 is 0 Å². The number of aromatic nitrogens is 2. The van der Waals surface area contributed by atoms with Crippen LogP contribution in [0.2, 0.25) is 0 Å². The van der Waals surface area contributed by atoms with Crippen LogP contribution in [0.4, 0.5) is 0 Å². The van der Waals surface area contributed by atoms with Gasteiger partial charge in [-0.1, -0.05) is 30.3 Å². The molecule has 0 fully saturated rings. The van der Waals surface area contributed by atoms with Crippen LogP contribution in [0.25, 0.3) is 0 Å². The van der Waals surface area contributed by atoms with E-state index < -0.39 is 0 Å². The molecule has 2 rings (SSSR count). The first kappa shape index (κ1) is 10.6. The third-order valence-corrected chi connectivity index (χ3v) is 2.48. The number of carbonyl (C=O) groups excluding carboxylic acids is 1. The molecule has 1 aromatic carbocycles. The van der Waals surface area contributed by atoms with Crippen molar-refractivity contribution in [3.05, 3.63) is 53.9 Å². The molecule has 3 heteroatoms. The minimum atomic E-state index is 0.500. The molecule has 0 unspecified atom stereocenters. The highest BCUT2D eigenvalue weighted by Gasteiger charge is 1.97. The van der Waals surface area contributed by atoms with Crippen LogP contribution in [-0.2, 0) is 13.0 Å². The van der Waals surface area contributed by atoms with Crippen molar-refractivity contribution in [3.8, 4) is 0 Å². The van der Waals surface area contributed by atoms with E-state index in [1.165, 1.54) is 5.56 Å². The van der Waals surface area contributed by atoms with E-state index in [1.807, 2.05) is 29.1 Å². The second-order valence-electron chi connectivity index (χ2n) is 3.71. The van der Waals surface area contributed by atoms with Crippen molar-refractivity contribution in [1.82, 2.24) is 9.78 Å². The molecule has 1 aromatic heterocycles. The van der Waals surface area contributed by atoms with Gasteiger partial charge in [0.15, 0.2) is 6.29 Å². The summed E-state index contributed by atoms with van der Waals surface area (Å²) in [4.78, 5) is 10.4. The summed E-state index contributed by atoms with van der Waals surface area (Å²) in [6.07, 6.45) is 4.68. The summed E-state index contributed by atoms with van der Waals surface area (Å²) in [6.45, 7) is 0.850. The predicted molar refractivity (Wildman–Crippen MR) is 62.4 cm³/mol. The molecular weight excluding hydrogens is 200 g/mol. The third kappa shape index (κ3) is 2.79. The van der Waals surface area contributed by atoms with E-state index >= 15 is 0 Å². The highest BCUT2D eigenvalue weighted by molar-refractivity contribution is 5.71. The highest BCUT2D eigenvalue weighted by Crippen LogP contribution is 2.03. The molecule has 82 valence electrons. The molecule has 1 heterocycles. The average molecular weight is 214 g/mol. The summed E-state index contributed by atoms with van der Waals surface area (Å²) in [5.74, 6) is 0. The van der Waals surface area contributed by atoms with E-state index in [1.54, 1.807) is 6.07 Å². The molecule has 0 bridgehead atoms. The zero-order valence-electron chi connectivity index (χ0n) is 9.04. The molecule has 0 saturated carbocycles. The number of benzene rings is 1. The van der Waals surface area contributed by atoms with E-state index in [0.717, 1.165) is 25.7 Å². The first-order chi connectivity index (χ1) is 7.88. The summed E-state index contributed by atoms with van der Waals surface area (Å²) in [7, 11) is 0. The monoisotopic (exact) mass is 214 g/mol. The van der Waals surface area contributed by atoms with E-state index in [4.69, 9.17) is 0 Å². The van der Waals surface area contributed by atoms with Crippen molar-refractivity contribution in [2.75, 3.05) is 0 Å². The molecule has 0 radical (unpaired) electrons. The van der Waals surface area contributed by atoms with Crippen molar-refractivity contribution in [3.63, 3.8) is 0 Å². The van der Waals surface area contributed by atoms with Gasteiger partial charge in [0, 0.05) is 12.7 Å². The van der Waals surface area contributed by atoms with Gasteiger partial charge in [0.05, 0.1) is 0 Å². The Hall–Kier alpha value is -1.90. The van der Waals surface area contributed by atoms with E-state index in [9.17, 15) is 4.79 Å². The van der Waals surface area contributed by atoms with Gasteiger partial charge >= 0.3 is 0 Å². The predicted octanol–water partition coefficient (Wildman–Crippen LogP) is 2.33. The van der Waals surface area contributed by atoms with Gasteiger partial charge in [0.1, 0.15) is 5.69 Å². The number of aldehydes is 1. The molecule has 3 nitrogen and oxygen atoms in total. The van der Waals surface area contributed by atoms with Gasteiger partial charge in [-0.2, -0.15) is 5.10 Å². The lowest BCUT2D eigenvalue weighted by molar-refractivity contribution is 0.111. The van der Waals surface area contributed by atoms with Crippen LogP contribution in [0, 0.1) is 0 Å². The van der Waals surface area contributed by atoms with Gasteiger partial charge in [-0.05, 0) is 24.5 Å². The fourth-order valence-electron chi connectivity index (χ4n) is 1.65. The van der Waals surface area contributed by atoms with E-state index in [2.05, 4.69) is 17.2 Å². The van der Waals surface area contributed by atoms with E-state index in [-0.39, 0.29) is 0 Å². The molecule has 0 N–H and O–H groups in total. The summed E-state index contributed by atoms with van der Waals surface area (Å²) in [5, 5.41) is 4.11. The van der Waals surface area contributed by atoms with Gasteiger partial charge in [0.2, 0.25) is 0 Å². The summed E-state index contributed by atoms with van der Waals surface area (Å²) < 4.78 is 1.81. The zero-order valence-corrected chi connectivity index (χ0v) is 9.04. The van der Waals surface area contributed by atoms with Gasteiger partial charge in [-0.15, -0.1) is 0 Å². The van der Waals surface area contributed by atoms with Crippen molar-refractivity contribution in [1.29, 1.82) is 0 Å². The first-order valence-electron chi connectivity index (χ1n) is 5.41. The Bertz CT molecular complexity index is 448. The summed E-state index contributed by atoms with van der Waals surface area (Å²) in [5.41, 5.74) is 1.84. The maximum absolute atomic E-state index is 10.4. The van der Waals surface area contributed by atoms with Crippen LogP contribution in [0.15, 0.2) is 42.6 Å². The Morgan fingerprint density at radius 1 is 1.19 bits per heavy atom. The third-order valence-electron chi connectivity index (χ3n) is 2.48. The van der Waals surface area contributed by atoms with Crippen molar-refractivity contribution in [2.45, 2.75) is 19.4 Å². The minimum Gasteiger partial charge on any atom is -0.296 e. The van der Waals surface area contributed by atoms with Crippen LogP contribution in [0.1, 0.15) is 22.5 Å². The lowest BCUT2D eigenvalue weighted by Crippen LogP contribution is -2.00. The molecule has 0 saturated heterocycles. The molecule has 2 aromatic rings. The number of carbonyl (C=O) groups is 1. The van der Waals surface area contributed by atoms with Gasteiger partial charge in [-0.25, -0.2) is 0 Å². The fourth-order valence-corrected chi connectivity index (χ4v) is 1.65. The lowest BCUT2D eigenvalue weighted by atomic mass is 10.1. The molecule has 16 heavy (non-hydrogen) atoms. The Balaban J connectivity index is 1.82. The summed E-state index contributed by atoms with van der Waals surface area (Å²) >= 11 is 0. The Kier molecular flexibility index (Phi) is 3.49. The van der Waals surface area contributed by atoms with Gasteiger partial charge in [0.25, 0.3) is 0 Å². The lowest BCUT2D eigenvalue weighted by Gasteiger charge is -2.01. The largest absolute Gasteiger partial charge is 0.296 e. The Morgan fingerprint density at radius 2 is 2.00 bits per heavy atom. The van der Waals surface area contributed by atoms with Crippen molar-refractivity contribution < 1.29 is 4.79 Å². The second kappa shape index (κ2) is 5.26. The quantitative estimate of drug-likeness (QED) is 0.716. The van der Waals surface area contributed by atoms with Crippen LogP contribution in [0.3, 0.4) is 0 Å². The van der Waals surface area contributed by atoms with Crippen LogP contribution >= 0.6 is 0 Å². The fraction of sp³-hybridized carbons (Fsp3) is 0.231. The number of nitrogens with zero attached hydrogens (tertiary/aromatic N) is 2. The molecule has 0 aliphatic heterocycles. The maximum atomic E-state index is 10.4. The first-order valence-corrected chi connectivity index (χ1v) is 5.41. The minimum absolute atomic E-state index is 0.500. The Labute approximate surface area is 94.7 Å². The Morgan fingerprint density at radius 3 is 2.69 bits per heavy atom. The van der Waals surface area contributed by atoms with Crippen molar-refractivity contribution >= 4 is 6.29 Å². The smallest absolute Gasteiger partial charge is 0.170 e. The molecule has 0 atom stereocenters.